The molecule has 2 aromatic heterocycles. The van der Waals surface area contributed by atoms with E-state index in [4.69, 9.17) is 4.98 Å². The third-order valence-electron chi connectivity index (χ3n) is 6.30. The lowest BCUT2D eigenvalue weighted by molar-refractivity contribution is 0.459. The maximum Gasteiger partial charge on any atom is 0.148 e. The van der Waals surface area contributed by atoms with E-state index in [1.54, 1.807) is 12.4 Å². The van der Waals surface area contributed by atoms with E-state index < -0.39 is 5.54 Å². The third kappa shape index (κ3) is 2.85. The van der Waals surface area contributed by atoms with Crippen LogP contribution in [0.3, 0.4) is 0 Å². The number of aromatic nitrogens is 5. The van der Waals surface area contributed by atoms with E-state index in [2.05, 4.69) is 62.8 Å². The molecule has 30 heavy (non-hydrogen) atoms. The fraction of sp³-hybridized carbons (Fsp3) is 0.318. The summed E-state index contributed by atoms with van der Waals surface area (Å²) in [7, 11) is 0. The van der Waals surface area contributed by atoms with Crippen molar-refractivity contribution in [3.63, 3.8) is 0 Å². The highest BCUT2D eigenvalue weighted by Crippen LogP contribution is 2.42. The van der Waals surface area contributed by atoms with Crippen LogP contribution in [0.25, 0.3) is 16.7 Å². The van der Waals surface area contributed by atoms with Crippen molar-refractivity contribution in [3.8, 4) is 5.69 Å². The number of hydrogen-bond donors (Lipinski definition) is 1. The Morgan fingerprint density at radius 1 is 1.13 bits per heavy atom. The molecular formula is C22H22BrFN6. The average molecular weight is 469 g/mol. The van der Waals surface area contributed by atoms with Gasteiger partial charge in [0.1, 0.15) is 11.6 Å². The molecule has 1 aliphatic heterocycles. The highest BCUT2D eigenvalue weighted by molar-refractivity contribution is 9.10. The van der Waals surface area contributed by atoms with Gasteiger partial charge in [0.2, 0.25) is 0 Å². The topological polar surface area (TPSA) is 62.6 Å². The summed E-state index contributed by atoms with van der Waals surface area (Å²) in [5, 5.41) is 8.17. The van der Waals surface area contributed by atoms with Gasteiger partial charge < -0.3 is 9.88 Å². The molecule has 8 heteroatoms. The minimum Gasteiger partial charge on any atom is -0.357 e. The Balaban J connectivity index is 1.58. The van der Waals surface area contributed by atoms with Crippen LogP contribution >= 0.6 is 15.9 Å². The molecule has 0 aliphatic carbocycles. The standard InChI is InChI=1S/C22H22BrFN6/c1-13-14(2)20-18(12-16(13)23)27-21(28-20)22(3)7-4-10-29(22)19-6-5-15(11-17(19)24)30-25-8-9-26-30/h5-6,8-9,11-12H,4,7,10H2,1-3H3,(H,27,28)/t22-/m0/s1. The quantitative estimate of drug-likeness (QED) is 0.449. The molecule has 0 radical (unpaired) electrons. The monoisotopic (exact) mass is 468 g/mol. The number of fused-ring (bicyclic) bond motifs is 1. The Bertz CT molecular complexity index is 1250. The Morgan fingerprint density at radius 2 is 1.90 bits per heavy atom. The predicted octanol–water partition coefficient (Wildman–Crippen LogP) is 5.18. The second-order valence-electron chi connectivity index (χ2n) is 8.07. The van der Waals surface area contributed by atoms with Gasteiger partial charge in [-0.25, -0.2) is 9.37 Å². The molecule has 3 heterocycles. The summed E-state index contributed by atoms with van der Waals surface area (Å²) in [6, 6.07) is 7.22. The molecule has 1 atom stereocenters. The summed E-state index contributed by atoms with van der Waals surface area (Å²) in [5.41, 5.74) is 5.05. The van der Waals surface area contributed by atoms with Gasteiger partial charge in [0, 0.05) is 17.1 Å². The van der Waals surface area contributed by atoms with Crippen LogP contribution in [0.4, 0.5) is 10.1 Å². The fourth-order valence-corrected chi connectivity index (χ4v) is 4.93. The predicted molar refractivity (Wildman–Crippen MR) is 119 cm³/mol. The van der Waals surface area contributed by atoms with Gasteiger partial charge >= 0.3 is 0 Å². The second kappa shape index (κ2) is 6.91. The zero-order chi connectivity index (χ0) is 21.0. The van der Waals surface area contributed by atoms with Crippen molar-refractivity contribution in [2.45, 2.75) is 39.2 Å². The molecule has 1 aliphatic rings. The Hall–Kier alpha value is -2.74. The zero-order valence-corrected chi connectivity index (χ0v) is 18.7. The van der Waals surface area contributed by atoms with Gasteiger partial charge in [-0.15, -0.1) is 0 Å². The maximum absolute atomic E-state index is 15.2. The van der Waals surface area contributed by atoms with Crippen LogP contribution in [0.1, 0.15) is 36.7 Å². The number of nitrogens with one attached hydrogen (secondary N) is 1. The highest BCUT2D eigenvalue weighted by atomic mass is 79.9. The minimum atomic E-state index is -0.419. The summed E-state index contributed by atoms with van der Waals surface area (Å²) in [4.78, 5) is 12.0. The Kier molecular flexibility index (Phi) is 4.43. The number of halogens is 2. The van der Waals surface area contributed by atoms with E-state index in [0.717, 1.165) is 46.3 Å². The molecule has 5 rings (SSSR count). The minimum absolute atomic E-state index is 0.288. The van der Waals surface area contributed by atoms with E-state index in [1.807, 2.05) is 12.1 Å². The molecule has 2 aromatic carbocycles. The van der Waals surface area contributed by atoms with Crippen LogP contribution < -0.4 is 4.90 Å². The van der Waals surface area contributed by atoms with E-state index in [9.17, 15) is 0 Å². The van der Waals surface area contributed by atoms with Crippen LogP contribution in [-0.2, 0) is 5.54 Å². The molecule has 0 spiro atoms. The van der Waals surface area contributed by atoms with Crippen molar-refractivity contribution < 1.29 is 4.39 Å². The molecule has 4 aromatic rings. The van der Waals surface area contributed by atoms with Gasteiger partial charge in [-0.05, 0) is 62.9 Å². The van der Waals surface area contributed by atoms with Gasteiger partial charge in [-0.2, -0.15) is 15.0 Å². The number of nitrogens with zero attached hydrogens (tertiary/aromatic N) is 5. The number of imidazole rings is 1. The lowest BCUT2D eigenvalue weighted by Gasteiger charge is -2.35. The summed E-state index contributed by atoms with van der Waals surface area (Å²) < 4.78 is 16.2. The molecule has 6 nitrogen and oxygen atoms in total. The zero-order valence-electron chi connectivity index (χ0n) is 17.1. The SMILES string of the molecule is Cc1c(Br)cc2[nH]c([C@]3(C)CCCN3c3ccc(-n4nccn4)cc3F)nc2c1C. The van der Waals surface area contributed by atoms with E-state index >= 15 is 4.39 Å². The molecule has 1 N–H and O–H groups in total. The number of H-pyrrole nitrogens is 1. The highest BCUT2D eigenvalue weighted by Gasteiger charge is 2.42. The first-order valence-corrected chi connectivity index (χ1v) is 10.8. The number of aromatic amines is 1. The van der Waals surface area contributed by atoms with Gasteiger partial charge in [0.25, 0.3) is 0 Å². The van der Waals surface area contributed by atoms with Crippen molar-refractivity contribution in [1.82, 2.24) is 25.0 Å². The summed E-state index contributed by atoms with van der Waals surface area (Å²) in [6.07, 6.45) is 5.02. The van der Waals surface area contributed by atoms with Crippen molar-refractivity contribution in [2.24, 2.45) is 0 Å². The molecular weight excluding hydrogens is 447 g/mol. The first-order valence-electron chi connectivity index (χ1n) is 9.98. The third-order valence-corrected chi connectivity index (χ3v) is 7.13. The second-order valence-corrected chi connectivity index (χ2v) is 8.93. The smallest absolute Gasteiger partial charge is 0.148 e. The Morgan fingerprint density at radius 3 is 2.63 bits per heavy atom. The number of aryl methyl sites for hydroxylation is 1. The molecule has 0 amide bonds. The molecule has 1 fully saturated rings. The van der Waals surface area contributed by atoms with Crippen LogP contribution in [0, 0.1) is 19.7 Å². The van der Waals surface area contributed by atoms with Crippen LogP contribution in [0.5, 0.6) is 0 Å². The van der Waals surface area contributed by atoms with Crippen LogP contribution in [0.15, 0.2) is 41.1 Å². The van der Waals surface area contributed by atoms with Crippen molar-refractivity contribution in [3.05, 3.63) is 63.9 Å². The number of rotatable bonds is 3. The van der Waals surface area contributed by atoms with Gasteiger partial charge in [0.05, 0.1) is 40.3 Å². The molecule has 154 valence electrons. The van der Waals surface area contributed by atoms with Gasteiger partial charge in [0.15, 0.2) is 0 Å². The average Bonchev–Trinajstić information content (AvgIpc) is 3.46. The molecule has 0 unspecified atom stereocenters. The van der Waals surface area contributed by atoms with Crippen molar-refractivity contribution in [2.75, 3.05) is 11.4 Å². The first kappa shape index (κ1) is 19.2. The lowest BCUT2D eigenvalue weighted by Crippen LogP contribution is -2.40. The van der Waals surface area contributed by atoms with Crippen molar-refractivity contribution in [1.29, 1.82) is 0 Å². The number of anilines is 1. The fourth-order valence-electron chi connectivity index (χ4n) is 4.41. The van der Waals surface area contributed by atoms with E-state index in [1.165, 1.54) is 16.4 Å². The van der Waals surface area contributed by atoms with Crippen LogP contribution in [0.2, 0.25) is 0 Å². The summed E-state index contributed by atoms with van der Waals surface area (Å²) in [5.74, 6) is 0.580. The summed E-state index contributed by atoms with van der Waals surface area (Å²) >= 11 is 3.63. The molecule has 1 saturated heterocycles. The largest absolute Gasteiger partial charge is 0.357 e. The van der Waals surface area contributed by atoms with E-state index in [0.29, 0.717) is 11.4 Å². The van der Waals surface area contributed by atoms with Crippen molar-refractivity contribution >= 4 is 32.7 Å². The maximum atomic E-state index is 15.2. The Labute approximate surface area is 182 Å². The molecule has 0 saturated carbocycles. The number of hydrogen-bond acceptors (Lipinski definition) is 4. The number of benzene rings is 2. The van der Waals surface area contributed by atoms with Gasteiger partial charge in [-0.3, -0.25) is 0 Å². The molecule has 0 bridgehead atoms. The van der Waals surface area contributed by atoms with Gasteiger partial charge in [-0.1, -0.05) is 15.9 Å². The van der Waals surface area contributed by atoms with E-state index in [-0.39, 0.29) is 5.82 Å². The normalized spacial score (nSPS) is 19.2. The first-order chi connectivity index (χ1) is 14.4. The lowest BCUT2D eigenvalue weighted by atomic mass is 9.97. The van der Waals surface area contributed by atoms with Crippen LogP contribution in [-0.4, -0.2) is 31.5 Å². The summed E-state index contributed by atoms with van der Waals surface area (Å²) in [6.45, 7) is 7.08.